The maximum absolute atomic E-state index is 12.5. The van der Waals surface area contributed by atoms with Crippen LogP contribution in [0, 0.1) is 13.8 Å². The van der Waals surface area contributed by atoms with Crippen molar-refractivity contribution < 1.29 is 4.79 Å². The third-order valence-corrected chi connectivity index (χ3v) is 6.90. The summed E-state index contributed by atoms with van der Waals surface area (Å²) in [5.41, 5.74) is 3.94. The summed E-state index contributed by atoms with van der Waals surface area (Å²) in [6, 6.07) is 15.7. The van der Waals surface area contributed by atoms with Crippen molar-refractivity contribution in [2.75, 3.05) is 11.1 Å². The normalized spacial score (nSPS) is 11.0. The van der Waals surface area contributed by atoms with Gasteiger partial charge >= 0.3 is 0 Å². The Morgan fingerprint density at radius 2 is 1.93 bits per heavy atom. The van der Waals surface area contributed by atoms with Gasteiger partial charge in [-0.2, -0.15) is 0 Å². The Bertz CT molecular complexity index is 1190. The van der Waals surface area contributed by atoms with Crippen LogP contribution in [-0.2, 0) is 4.79 Å². The molecule has 0 atom stereocenters. The molecular weight excluding hydrogens is 422 g/mol. The van der Waals surface area contributed by atoms with Crippen LogP contribution in [0.1, 0.15) is 10.4 Å². The molecule has 1 N–H and O–H groups in total. The van der Waals surface area contributed by atoms with Gasteiger partial charge in [0, 0.05) is 21.2 Å². The van der Waals surface area contributed by atoms with E-state index in [-0.39, 0.29) is 11.7 Å². The SMILES string of the molecule is Cc1ccc(NC(=O)CSc2ncnc3sc(C)c(-c4ccccc4)c23)cc1Cl. The summed E-state index contributed by atoms with van der Waals surface area (Å²) < 4.78 is 0. The summed E-state index contributed by atoms with van der Waals surface area (Å²) in [4.78, 5) is 23.5. The predicted octanol–water partition coefficient (Wildman–Crippen LogP) is 6.36. The van der Waals surface area contributed by atoms with Crippen molar-refractivity contribution >= 4 is 56.5 Å². The fourth-order valence-corrected chi connectivity index (χ4v) is 5.14. The number of hydrogen-bond acceptors (Lipinski definition) is 5. The van der Waals surface area contributed by atoms with Gasteiger partial charge in [-0.25, -0.2) is 9.97 Å². The highest BCUT2D eigenvalue weighted by Crippen LogP contribution is 2.41. The number of thiophene rings is 1. The van der Waals surface area contributed by atoms with E-state index in [1.54, 1.807) is 23.7 Å². The molecule has 2 aromatic carbocycles. The second kappa shape index (κ2) is 8.53. The molecule has 2 aromatic heterocycles. The van der Waals surface area contributed by atoms with E-state index in [9.17, 15) is 4.79 Å². The van der Waals surface area contributed by atoms with Crippen LogP contribution in [0.25, 0.3) is 21.3 Å². The number of amides is 1. The van der Waals surface area contributed by atoms with Crippen molar-refractivity contribution in [1.82, 2.24) is 9.97 Å². The van der Waals surface area contributed by atoms with E-state index in [0.29, 0.717) is 10.7 Å². The third-order valence-electron chi connectivity index (χ3n) is 4.49. The van der Waals surface area contributed by atoms with Gasteiger partial charge in [0.15, 0.2) is 0 Å². The molecule has 4 nitrogen and oxygen atoms in total. The molecule has 0 bridgehead atoms. The predicted molar refractivity (Wildman–Crippen MR) is 123 cm³/mol. The highest BCUT2D eigenvalue weighted by molar-refractivity contribution is 8.00. The van der Waals surface area contributed by atoms with E-state index in [4.69, 9.17) is 11.6 Å². The van der Waals surface area contributed by atoms with E-state index in [1.807, 2.05) is 37.3 Å². The zero-order valence-electron chi connectivity index (χ0n) is 15.9. The van der Waals surface area contributed by atoms with E-state index in [0.717, 1.165) is 31.9 Å². The first-order valence-electron chi connectivity index (χ1n) is 9.01. The number of anilines is 1. The molecule has 7 heteroatoms. The van der Waals surface area contributed by atoms with Gasteiger partial charge in [0.25, 0.3) is 0 Å². The van der Waals surface area contributed by atoms with E-state index >= 15 is 0 Å². The number of fused-ring (bicyclic) bond motifs is 1. The third kappa shape index (κ3) is 4.29. The summed E-state index contributed by atoms with van der Waals surface area (Å²) in [6.45, 7) is 4.02. The van der Waals surface area contributed by atoms with Gasteiger partial charge in [-0.3, -0.25) is 4.79 Å². The molecule has 0 spiro atoms. The molecule has 0 unspecified atom stereocenters. The number of carbonyl (C=O) groups excluding carboxylic acids is 1. The lowest BCUT2D eigenvalue weighted by atomic mass is 10.0. The molecule has 0 saturated heterocycles. The molecular formula is C22H18ClN3OS2. The number of halogens is 1. The summed E-state index contributed by atoms with van der Waals surface area (Å²) >= 11 is 9.21. The van der Waals surface area contributed by atoms with Crippen molar-refractivity contribution in [2.45, 2.75) is 18.9 Å². The molecule has 0 fully saturated rings. The zero-order valence-corrected chi connectivity index (χ0v) is 18.3. The lowest BCUT2D eigenvalue weighted by molar-refractivity contribution is -0.113. The van der Waals surface area contributed by atoms with Gasteiger partial charge < -0.3 is 5.32 Å². The van der Waals surface area contributed by atoms with Crippen molar-refractivity contribution in [2.24, 2.45) is 0 Å². The Kier molecular flexibility index (Phi) is 5.85. The van der Waals surface area contributed by atoms with Gasteiger partial charge in [0.2, 0.25) is 5.91 Å². The topological polar surface area (TPSA) is 54.9 Å². The van der Waals surface area contributed by atoms with Crippen molar-refractivity contribution in [3.8, 4) is 11.1 Å². The van der Waals surface area contributed by atoms with Gasteiger partial charge in [0.05, 0.1) is 11.1 Å². The molecule has 0 radical (unpaired) electrons. The number of aromatic nitrogens is 2. The Labute approximate surface area is 182 Å². The smallest absolute Gasteiger partial charge is 0.234 e. The minimum absolute atomic E-state index is 0.102. The molecule has 146 valence electrons. The molecule has 4 rings (SSSR count). The number of hydrogen-bond donors (Lipinski definition) is 1. The fraction of sp³-hybridized carbons (Fsp3) is 0.136. The highest BCUT2D eigenvalue weighted by Gasteiger charge is 2.17. The number of nitrogens with one attached hydrogen (secondary N) is 1. The van der Waals surface area contributed by atoms with Gasteiger partial charge in [-0.1, -0.05) is 59.8 Å². The molecule has 0 aliphatic carbocycles. The van der Waals surface area contributed by atoms with Gasteiger partial charge in [-0.15, -0.1) is 11.3 Å². The first kappa shape index (κ1) is 19.9. The Morgan fingerprint density at radius 3 is 2.69 bits per heavy atom. The summed E-state index contributed by atoms with van der Waals surface area (Å²) in [7, 11) is 0. The molecule has 2 heterocycles. The number of nitrogens with zero attached hydrogens (tertiary/aromatic N) is 2. The molecule has 0 saturated carbocycles. The maximum atomic E-state index is 12.5. The number of rotatable bonds is 5. The van der Waals surface area contributed by atoms with Crippen LogP contribution in [0.4, 0.5) is 5.69 Å². The van der Waals surface area contributed by atoms with E-state index < -0.39 is 0 Å². The molecule has 29 heavy (non-hydrogen) atoms. The van der Waals surface area contributed by atoms with Gasteiger partial charge in [-0.05, 0) is 37.1 Å². The summed E-state index contributed by atoms with van der Waals surface area (Å²) in [5.74, 6) is 0.149. The second-order valence-corrected chi connectivity index (χ2v) is 9.13. The van der Waals surface area contributed by atoms with E-state index in [1.165, 1.54) is 16.6 Å². The van der Waals surface area contributed by atoms with E-state index in [2.05, 4.69) is 34.3 Å². The molecule has 4 aromatic rings. The number of carbonyl (C=O) groups is 1. The number of benzene rings is 2. The van der Waals surface area contributed by atoms with Crippen LogP contribution in [-0.4, -0.2) is 21.6 Å². The average molecular weight is 440 g/mol. The zero-order chi connectivity index (χ0) is 20.4. The monoisotopic (exact) mass is 439 g/mol. The standard InChI is InChI=1S/C22H18ClN3OS2/c1-13-8-9-16(10-17(13)23)26-18(27)11-28-21-20-19(15-6-4-3-5-7-15)14(2)29-22(20)25-12-24-21/h3-10,12H,11H2,1-2H3,(H,26,27). The Hall–Kier alpha value is -2.41. The van der Waals surface area contributed by atoms with Crippen molar-refractivity contribution in [3.63, 3.8) is 0 Å². The number of thioether (sulfide) groups is 1. The van der Waals surface area contributed by atoms with Crippen LogP contribution >= 0.6 is 34.7 Å². The van der Waals surface area contributed by atoms with Crippen LogP contribution in [0.5, 0.6) is 0 Å². The van der Waals surface area contributed by atoms with Crippen LogP contribution in [0.2, 0.25) is 5.02 Å². The van der Waals surface area contributed by atoms with Crippen LogP contribution in [0.3, 0.4) is 0 Å². The molecule has 1 amide bonds. The first-order valence-corrected chi connectivity index (χ1v) is 11.2. The fourth-order valence-electron chi connectivity index (χ4n) is 3.08. The van der Waals surface area contributed by atoms with Crippen LogP contribution in [0.15, 0.2) is 59.9 Å². The minimum atomic E-state index is -0.102. The second-order valence-electron chi connectivity index (χ2n) is 6.56. The lowest BCUT2D eigenvalue weighted by Crippen LogP contribution is -2.14. The minimum Gasteiger partial charge on any atom is -0.325 e. The lowest BCUT2D eigenvalue weighted by Gasteiger charge is -2.08. The Morgan fingerprint density at radius 1 is 1.14 bits per heavy atom. The van der Waals surface area contributed by atoms with Crippen LogP contribution < -0.4 is 5.32 Å². The molecule has 0 aliphatic heterocycles. The molecule has 0 aliphatic rings. The highest BCUT2D eigenvalue weighted by atomic mass is 35.5. The summed E-state index contributed by atoms with van der Waals surface area (Å²) in [5, 5.41) is 5.35. The quantitative estimate of drug-likeness (QED) is 0.290. The van der Waals surface area contributed by atoms with Crippen molar-refractivity contribution in [1.29, 1.82) is 0 Å². The van der Waals surface area contributed by atoms with Crippen molar-refractivity contribution in [3.05, 3.63) is 70.3 Å². The summed E-state index contributed by atoms with van der Waals surface area (Å²) in [6.07, 6.45) is 1.56. The Balaban J connectivity index is 1.58. The number of aryl methyl sites for hydroxylation is 2. The first-order chi connectivity index (χ1) is 14.0. The van der Waals surface area contributed by atoms with Gasteiger partial charge in [0.1, 0.15) is 16.2 Å². The largest absolute Gasteiger partial charge is 0.325 e. The maximum Gasteiger partial charge on any atom is 0.234 e. The average Bonchev–Trinajstić information content (AvgIpc) is 3.06.